The first kappa shape index (κ1) is 13.9. The number of imidazole rings is 1. The summed E-state index contributed by atoms with van der Waals surface area (Å²) in [5.41, 5.74) is 1.20. The first-order valence-corrected chi connectivity index (χ1v) is 7.03. The highest BCUT2D eigenvalue weighted by molar-refractivity contribution is 5.19. The lowest BCUT2D eigenvalue weighted by molar-refractivity contribution is 0.400. The van der Waals surface area contributed by atoms with E-state index >= 15 is 0 Å². The third kappa shape index (κ3) is 3.26. The molecule has 0 aliphatic rings. The molecule has 104 valence electrons. The first-order valence-electron chi connectivity index (χ1n) is 7.03. The molecule has 0 radical (unpaired) electrons. The molecule has 0 fully saturated rings. The van der Waals surface area contributed by atoms with E-state index in [4.69, 9.17) is 4.42 Å². The minimum atomic E-state index is 0.197. The lowest BCUT2D eigenvalue weighted by atomic mass is 10.1. The number of nitrogens with one attached hydrogen (secondary N) is 1. The second kappa shape index (κ2) is 6.57. The SMILES string of the molecule is CCCNC(Cc1nccn1CC)c1occc1C. The van der Waals surface area contributed by atoms with Crippen LogP contribution in [0.25, 0.3) is 0 Å². The number of aromatic nitrogens is 2. The van der Waals surface area contributed by atoms with Gasteiger partial charge in [-0.3, -0.25) is 0 Å². The Balaban J connectivity index is 2.17. The van der Waals surface area contributed by atoms with Crippen LogP contribution in [0.15, 0.2) is 29.1 Å². The summed E-state index contributed by atoms with van der Waals surface area (Å²) >= 11 is 0. The lowest BCUT2D eigenvalue weighted by Gasteiger charge is -2.17. The van der Waals surface area contributed by atoms with E-state index in [0.717, 1.165) is 37.5 Å². The molecule has 0 spiro atoms. The Morgan fingerprint density at radius 3 is 2.89 bits per heavy atom. The smallest absolute Gasteiger partial charge is 0.124 e. The zero-order chi connectivity index (χ0) is 13.7. The van der Waals surface area contributed by atoms with E-state index in [1.807, 2.05) is 18.5 Å². The normalized spacial score (nSPS) is 12.8. The summed E-state index contributed by atoms with van der Waals surface area (Å²) in [6.07, 6.45) is 7.62. The fraction of sp³-hybridized carbons (Fsp3) is 0.533. The van der Waals surface area contributed by atoms with Crippen molar-refractivity contribution in [3.63, 3.8) is 0 Å². The molecule has 0 aromatic carbocycles. The molecule has 19 heavy (non-hydrogen) atoms. The third-order valence-corrected chi connectivity index (χ3v) is 3.39. The molecule has 1 N–H and O–H groups in total. The van der Waals surface area contributed by atoms with E-state index < -0.39 is 0 Å². The fourth-order valence-electron chi connectivity index (χ4n) is 2.32. The molecule has 4 nitrogen and oxygen atoms in total. The minimum Gasteiger partial charge on any atom is -0.467 e. The van der Waals surface area contributed by atoms with Gasteiger partial charge < -0.3 is 14.3 Å². The molecule has 2 aromatic heterocycles. The second-order valence-electron chi connectivity index (χ2n) is 4.81. The zero-order valence-electron chi connectivity index (χ0n) is 12.0. The van der Waals surface area contributed by atoms with E-state index in [-0.39, 0.29) is 6.04 Å². The van der Waals surface area contributed by atoms with Crippen LogP contribution in [0.4, 0.5) is 0 Å². The molecule has 1 atom stereocenters. The maximum absolute atomic E-state index is 5.65. The van der Waals surface area contributed by atoms with Crippen molar-refractivity contribution >= 4 is 0 Å². The summed E-state index contributed by atoms with van der Waals surface area (Å²) in [4.78, 5) is 4.46. The van der Waals surface area contributed by atoms with Crippen LogP contribution in [0.2, 0.25) is 0 Å². The Morgan fingerprint density at radius 2 is 2.26 bits per heavy atom. The maximum Gasteiger partial charge on any atom is 0.124 e. The number of rotatable bonds is 7. The Labute approximate surface area is 114 Å². The van der Waals surface area contributed by atoms with E-state index in [1.165, 1.54) is 5.56 Å². The quantitative estimate of drug-likeness (QED) is 0.833. The van der Waals surface area contributed by atoms with Crippen molar-refractivity contribution in [1.82, 2.24) is 14.9 Å². The van der Waals surface area contributed by atoms with Crippen molar-refractivity contribution in [3.05, 3.63) is 41.9 Å². The van der Waals surface area contributed by atoms with Crippen molar-refractivity contribution in [2.75, 3.05) is 6.54 Å². The van der Waals surface area contributed by atoms with Gasteiger partial charge in [-0.15, -0.1) is 0 Å². The summed E-state index contributed by atoms with van der Waals surface area (Å²) < 4.78 is 7.83. The Kier molecular flexibility index (Phi) is 4.80. The lowest BCUT2D eigenvalue weighted by Crippen LogP contribution is -2.25. The molecule has 0 aliphatic carbocycles. The van der Waals surface area contributed by atoms with Crippen molar-refractivity contribution in [2.45, 2.75) is 46.2 Å². The Bertz CT molecular complexity index is 501. The predicted octanol–water partition coefficient (Wildman–Crippen LogP) is 3.09. The van der Waals surface area contributed by atoms with Gasteiger partial charge in [-0.1, -0.05) is 6.92 Å². The van der Waals surface area contributed by atoms with Gasteiger partial charge in [0, 0.05) is 25.4 Å². The van der Waals surface area contributed by atoms with Crippen LogP contribution >= 0.6 is 0 Å². The van der Waals surface area contributed by atoms with Gasteiger partial charge in [-0.05, 0) is 38.4 Å². The molecule has 0 bridgehead atoms. The van der Waals surface area contributed by atoms with Gasteiger partial charge in [-0.2, -0.15) is 0 Å². The average molecular weight is 261 g/mol. The van der Waals surface area contributed by atoms with Crippen molar-refractivity contribution in [1.29, 1.82) is 0 Å². The van der Waals surface area contributed by atoms with Crippen LogP contribution in [0, 0.1) is 6.92 Å². The molecule has 2 aromatic rings. The first-order chi connectivity index (χ1) is 9.26. The highest BCUT2D eigenvalue weighted by Crippen LogP contribution is 2.22. The van der Waals surface area contributed by atoms with Gasteiger partial charge in [0.15, 0.2) is 0 Å². The van der Waals surface area contributed by atoms with Crippen LogP contribution < -0.4 is 5.32 Å². The second-order valence-corrected chi connectivity index (χ2v) is 4.81. The summed E-state index contributed by atoms with van der Waals surface area (Å²) in [6.45, 7) is 8.33. The number of furan rings is 1. The fourth-order valence-corrected chi connectivity index (χ4v) is 2.32. The minimum absolute atomic E-state index is 0.197. The van der Waals surface area contributed by atoms with E-state index in [2.05, 4.69) is 35.6 Å². The molecule has 0 saturated heterocycles. The molecular formula is C15H23N3O. The third-order valence-electron chi connectivity index (χ3n) is 3.39. The van der Waals surface area contributed by atoms with Crippen LogP contribution in [0.1, 0.15) is 43.5 Å². The van der Waals surface area contributed by atoms with E-state index in [1.54, 1.807) is 6.26 Å². The zero-order valence-corrected chi connectivity index (χ0v) is 12.0. The molecule has 0 aliphatic heterocycles. The molecule has 0 amide bonds. The standard InChI is InChI=1S/C15H23N3O/c1-4-7-16-13(15-12(3)6-10-19-15)11-14-17-8-9-18(14)5-2/h6,8-10,13,16H,4-5,7,11H2,1-3H3. The molecule has 0 saturated carbocycles. The summed E-state index contributed by atoms with van der Waals surface area (Å²) in [5.74, 6) is 2.13. The van der Waals surface area contributed by atoms with Crippen molar-refractivity contribution < 1.29 is 4.42 Å². The highest BCUT2D eigenvalue weighted by Gasteiger charge is 2.19. The Hall–Kier alpha value is -1.55. The number of hydrogen-bond acceptors (Lipinski definition) is 3. The van der Waals surface area contributed by atoms with Gasteiger partial charge in [0.25, 0.3) is 0 Å². The van der Waals surface area contributed by atoms with Gasteiger partial charge in [0.1, 0.15) is 11.6 Å². The van der Waals surface area contributed by atoms with Crippen LogP contribution in [-0.2, 0) is 13.0 Å². The predicted molar refractivity (Wildman–Crippen MR) is 76.1 cm³/mol. The Morgan fingerprint density at radius 1 is 1.42 bits per heavy atom. The highest BCUT2D eigenvalue weighted by atomic mass is 16.3. The topological polar surface area (TPSA) is 43.0 Å². The van der Waals surface area contributed by atoms with Gasteiger partial charge in [0.05, 0.1) is 12.3 Å². The van der Waals surface area contributed by atoms with Gasteiger partial charge in [0.2, 0.25) is 0 Å². The molecule has 2 heterocycles. The van der Waals surface area contributed by atoms with E-state index in [9.17, 15) is 0 Å². The molecule has 4 heteroatoms. The van der Waals surface area contributed by atoms with Gasteiger partial charge >= 0.3 is 0 Å². The average Bonchev–Trinajstić information content (AvgIpc) is 3.03. The van der Waals surface area contributed by atoms with E-state index in [0.29, 0.717) is 0 Å². The van der Waals surface area contributed by atoms with Crippen molar-refractivity contribution in [3.8, 4) is 0 Å². The van der Waals surface area contributed by atoms with Crippen molar-refractivity contribution in [2.24, 2.45) is 0 Å². The monoisotopic (exact) mass is 261 g/mol. The summed E-state index contributed by atoms with van der Waals surface area (Å²) in [7, 11) is 0. The summed E-state index contributed by atoms with van der Waals surface area (Å²) in [5, 5.41) is 3.56. The summed E-state index contributed by atoms with van der Waals surface area (Å²) in [6, 6.07) is 2.21. The van der Waals surface area contributed by atoms with Crippen LogP contribution in [0.3, 0.4) is 0 Å². The van der Waals surface area contributed by atoms with Crippen LogP contribution in [-0.4, -0.2) is 16.1 Å². The maximum atomic E-state index is 5.65. The largest absolute Gasteiger partial charge is 0.467 e. The number of nitrogens with zero attached hydrogens (tertiary/aromatic N) is 2. The molecule has 1 unspecified atom stereocenters. The molecule has 2 rings (SSSR count). The van der Waals surface area contributed by atoms with Gasteiger partial charge in [-0.25, -0.2) is 4.98 Å². The number of aryl methyl sites for hydroxylation is 2. The van der Waals surface area contributed by atoms with Crippen LogP contribution in [0.5, 0.6) is 0 Å². The number of hydrogen-bond donors (Lipinski definition) is 1. The molecular weight excluding hydrogens is 238 g/mol.